The van der Waals surface area contributed by atoms with Crippen LogP contribution in [0, 0.1) is 6.92 Å². The number of ether oxygens (including phenoxy) is 3. The van der Waals surface area contributed by atoms with Crippen LogP contribution in [-0.4, -0.2) is 54.1 Å². The Balaban J connectivity index is 1.46. The number of benzene rings is 1. The van der Waals surface area contributed by atoms with Crippen LogP contribution >= 0.6 is 11.3 Å². The number of aromatic nitrogens is 1. The summed E-state index contributed by atoms with van der Waals surface area (Å²) in [6, 6.07) is 5.25. The molecule has 1 amide bonds. The fraction of sp³-hybridized carbons (Fsp3) is 0.524. The van der Waals surface area contributed by atoms with E-state index in [4.69, 9.17) is 14.2 Å². The van der Waals surface area contributed by atoms with E-state index < -0.39 is 11.3 Å². The number of piperidine rings is 1. The molecule has 2 atom stereocenters. The van der Waals surface area contributed by atoms with Gasteiger partial charge in [-0.15, -0.1) is 11.3 Å². The van der Waals surface area contributed by atoms with E-state index in [1.165, 1.54) is 13.8 Å². The van der Waals surface area contributed by atoms with Crippen LogP contribution in [0.25, 0.3) is 0 Å². The Labute approximate surface area is 173 Å². The molecule has 0 radical (unpaired) electrons. The van der Waals surface area contributed by atoms with Gasteiger partial charge in [0.15, 0.2) is 5.60 Å². The zero-order chi connectivity index (χ0) is 20.6. The van der Waals surface area contributed by atoms with Crippen molar-refractivity contribution in [2.75, 3.05) is 26.5 Å². The summed E-state index contributed by atoms with van der Waals surface area (Å²) in [6.45, 7) is 5.98. The second-order valence-corrected chi connectivity index (χ2v) is 9.03. The van der Waals surface area contributed by atoms with Gasteiger partial charge in [0.25, 0.3) is 5.91 Å². The Morgan fingerprint density at radius 3 is 3.00 bits per heavy atom. The topological polar surface area (TPSA) is 60.9 Å². The van der Waals surface area contributed by atoms with Crippen LogP contribution < -0.4 is 4.74 Å². The number of halogens is 1. The zero-order valence-electron chi connectivity index (χ0n) is 16.8. The lowest BCUT2D eigenvalue weighted by atomic mass is 9.88. The molecule has 0 saturated carbocycles. The Morgan fingerprint density at radius 1 is 1.48 bits per heavy atom. The number of rotatable bonds is 5. The van der Waals surface area contributed by atoms with Gasteiger partial charge in [0.1, 0.15) is 35.9 Å². The molecule has 156 valence electrons. The van der Waals surface area contributed by atoms with Crippen LogP contribution in [0.15, 0.2) is 29.8 Å². The minimum Gasteiger partial charge on any atom is -0.490 e. The molecular weight excluding hydrogens is 395 g/mol. The van der Waals surface area contributed by atoms with E-state index in [2.05, 4.69) is 4.98 Å². The molecule has 0 spiro atoms. The van der Waals surface area contributed by atoms with E-state index >= 15 is 0 Å². The second-order valence-electron chi connectivity index (χ2n) is 8.13. The lowest BCUT2D eigenvalue weighted by Crippen LogP contribution is -2.53. The summed E-state index contributed by atoms with van der Waals surface area (Å²) in [5.41, 5.74) is -0.593. The van der Waals surface area contributed by atoms with Crippen LogP contribution in [0.4, 0.5) is 4.39 Å². The fourth-order valence-electron chi connectivity index (χ4n) is 3.77. The van der Waals surface area contributed by atoms with E-state index in [1.54, 1.807) is 40.6 Å². The average molecular weight is 421 g/mol. The Bertz CT molecular complexity index is 883. The van der Waals surface area contributed by atoms with E-state index in [9.17, 15) is 9.18 Å². The predicted octanol–water partition coefficient (Wildman–Crippen LogP) is 3.69. The van der Waals surface area contributed by atoms with Gasteiger partial charge < -0.3 is 19.1 Å². The number of carbonyl (C=O) groups excluding carboxylic acids is 1. The number of likely N-dealkylation sites (tertiary alicyclic amines) is 1. The molecule has 4 rings (SSSR count). The Kier molecular flexibility index (Phi) is 5.35. The van der Waals surface area contributed by atoms with Crippen molar-refractivity contribution in [3.8, 4) is 5.75 Å². The first-order valence-corrected chi connectivity index (χ1v) is 10.5. The van der Waals surface area contributed by atoms with Crippen molar-refractivity contribution in [1.29, 1.82) is 0 Å². The quantitative estimate of drug-likeness (QED) is 0.738. The van der Waals surface area contributed by atoms with Gasteiger partial charge in [-0.05, 0) is 44.5 Å². The first-order valence-electron chi connectivity index (χ1n) is 9.66. The minimum absolute atomic E-state index is 0.0366. The monoisotopic (exact) mass is 420 g/mol. The number of carbonyl (C=O) groups is 1. The number of amides is 1. The molecular formula is C21H25FN2O4S. The number of thiazole rings is 1. The first-order chi connectivity index (χ1) is 13.8. The van der Waals surface area contributed by atoms with Crippen molar-refractivity contribution >= 4 is 17.2 Å². The van der Waals surface area contributed by atoms with Gasteiger partial charge in [-0.25, -0.2) is 9.37 Å². The van der Waals surface area contributed by atoms with Gasteiger partial charge in [-0.3, -0.25) is 4.79 Å². The SMILES string of the molecule is Cc1cc(C(=O)N2CC[C@@]3(c4nccs4)OCO[C@@H]3C2)ccc1OCC(C)(C)F. The Hall–Kier alpha value is -2.03. The predicted molar refractivity (Wildman–Crippen MR) is 107 cm³/mol. The first kappa shape index (κ1) is 20.3. The zero-order valence-corrected chi connectivity index (χ0v) is 17.6. The van der Waals surface area contributed by atoms with Crippen molar-refractivity contribution < 1.29 is 23.4 Å². The molecule has 2 saturated heterocycles. The van der Waals surface area contributed by atoms with Crippen LogP contribution in [0.5, 0.6) is 5.75 Å². The maximum absolute atomic E-state index is 13.7. The molecule has 2 aliphatic rings. The van der Waals surface area contributed by atoms with E-state index in [0.717, 1.165) is 10.6 Å². The van der Waals surface area contributed by atoms with Gasteiger partial charge in [0, 0.05) is 30.1 Å². The number of nitrogens with zero attached hydrogens (tertiary/aromatic N) is 2. The van der Waals surface area contributed by atoms with Crippen LogP contribution in [0.3, 0.4) is 0 Å². The second kappa shape index (κ2) is 7.66. The van der Waals surface area contributed by atoms with Gasteiger partial charge in [0.2, 0.25) is 0 Å². The highest BCUT2D eigenvalue weighted by atomic mass is 32.1. The number of fused-ring (bicyclic) bond motifs is 1. The largest absolute Gasteiger partial charge is 0.490 e. The fourth-order valence-corrected chi connectivity index (χ4v) is 4.64. The summed E-state index contributed by atoms with van der Waals surface area (Å²) < 4.78 is 31.0. The van der Waals surface area contributed by atoms with Crippen molar-refractivity contribution in [3.63, 3.8) is 0 Å². The molecule has 6 nitrogen and oxygen atoms in total. The summed E-state index contributed by atoms with van der Waals surface area (Å²) in [4.78, 5) is 19.3. The summed E-state index contributed by atoms with van der Waals surface area (Å²) in [5, 5.41) is 2.83. The third-order valence-corrected chi connectivity index (χ3v) is 6.25. The molecule has 2 fully saturated rings. The molecule has 2 aromatic rings. The molecule has 1 aromatic carbocycles. The normalized spacial score (nSPS) is 24.4. The smallest absolute Gasteiger partial charge is 0.253 e. The summed E-state index contributed by atoms with van der Waals surface area (Å²) in [7, 11) is 0. The molecule has 2 aliphatic heterocycles. The van der Waals surface area contributed by atoms with Crippen LogP contribution in [0.2, 0.25) is 0 Å². The van der Waals surface area contributed by atoms with Gasteiger partial charge in [-0.1, -0.05) is 0 Å². The summed E-state index contributed by atoms with van der Waals surface area (Å²) >= 11 is 1.55. The van der Waals surface area contributed by atoms with Gasteiger partial charge in [0.05, 0.1) is 6.54 Å². The van der Waals surface area contributed by atoms with Crippen molar-refractivity contribution in [2.24, 2.45) is 0 Å². The number of alkyl halides is 1. The standard InChI is InChI=1S/C21H25FN2O4S/c1-14-10-15(4-5-16(14)26-12-20(2,3)22)18(25)24-8-6-21(19-23-7-9-29-19)17(11-24)27-13-28-21/h4-5,7,9-10,17H,6,8,11-13H2,1-3H3/t17-,21-/m1/s1. The van der Waals surface area contributed by atoms with Crippen molar-refractivity contribution in [1.82, 2.24) is 9.88 Å². The number of hydrogen-bond acceptors (Lipinski definition) is 6. The number of aryl methyl sites for hydroxylation is 1. The van der Waals surface area contributed by atoms with E-state index in [1.807, 2.05) is 12.3 Å². The highest BCUT2D eigenvalue weighted by Crippen LogP contribution is 2.43. The lowest BCUT2D eigenvalue weighted by molar-refractivity contribution is -0.0440. The highest BCUT2D eigenvalue weighted by molar-refractivity contribution is 7.09. The van der Waals surface area contributed by atoms with Crippen LogP contribution in [0.1, 0.15) is 41.2 Å². The molecule has 8 heteroatoms. The van der Waals surface area contributed by atoms with Crippen molar-refractivity contribution in [2.45, 2.75) is 44.6 Å². The van der Waals surface area contributed by atoms with E-state index in [0.29, 0.717) is 30.8 Å². The lowest BCUT2D eigenvalue weighted by Gasteiger charge is -2.40. The van der Waals surface area contributed by atoms with Gasteiger partial charge in [-0.2, -0.15) is 0 Å². The maximum Gasteiger partial charge on any atom is 0.253 e. The molecule has 0 unspecified atom stereocenters. The maximum atomic E-state index is 13.7. The molecule has 29 heavy (non-hydrogen) atoms. The average Bonchev–Trinajstić information content (AvgIpc) is 3.35. The van der Waals surface area contributed by atoms with Gasteiger partial charge >= 0.3 is 0 Å². The highest BCUT2D eigenvalue weighted by Gasteiger charge is 2.52. The summed E-state index contributed by atoms with van der Waals surface area (Å²) in [5.74, 6) is 0.523. The summed E-state index contributed by atoms with van der Waals surface area (Å²) in [6.07, 6.45) is 2.17. The molecule has 0 aliphatic carbocycles. The third kappa shape index (κ3) is 4.01. The minimum atomic E-state index is -1.41. The molecule has 0 N–H and O–H groups in total. The third-order valence-electron chi connectivity index (χ3n) is 5.32. The van der Waals surface area contributed by atoms with Crippen molar-refractivity contribution in [3.05, 3.63) is 45.9 Å². The number of hydrogen-bond donors (Lipinski definition) is 0. The Morgan fingerprint density at radius 2 is 2.31 bits per heavy atom. The van der Waals surface area contributed by atoms with Crippen LogP contribution in [-0.2, 0) is 15.1 Å². The molecule has 0 bridgehead atoms. The molecule has 3 heterocycles. The molecule has 1 aromatic heterocycles. The van der Waals surface area contributed by atoms with E-state index in [-0.39, 0.29) is 25.4 Å².